The van der Waals surface area contributed by atoms with Crippen LogP contribution in [0.25, 0.3) is 10.9 Å². The molecule has 8 heteroatoms. The van der Waals surface area contributed by atoms with E-state index in [1.54, 1.807) is 12.3 Å². The van der Waals surface area contributed by atoms with E-state index in [2.05, 4.69) is 38.4 Å². The number of hydrogen-bond acceptors (Lipinski definition) is 6. The fourth-order valence-electron chi connectivity index (χ4n) is 2.22. The number of rotatable bonds is 8. The molecule has 1 amide bonds. The van der Waals surface area contributed by atoms with E-state index in [-0.39, 0.29) is 5.91 Å². The quantitative estimate of drug-likeness (QED) is 0.338. The SMILES string of the molecule is CONC=CC(C)(C)NC(=O)C(Oc1ccc2ncc(I)cc2c1)SC. The summed E-state index contributed by atoms with van der Waals surface area (Å²) < 4.78 is 6.95. The number of pyridine rings is 1. The minimum Gasteiger partial charge on any atom is -0.470 e. The zero-order valence-corrected chi connectivity index (χ0v) is 18.1. The van der Waals surface area contributed by atoms with Crippen molar-refractivity contribution in [2.75, 3.05) is 13.4 Å². The number of benzene rings is 1. The highest BCUT2D eigenvalue weighted by Gasteiger charge is 2.25. The predicted molar refractivity (Wildman–Crippen MR) is 114 cm³/mol. The summed E-state index contributed by atoms with van der Waals surface area (Å²) in [6.45, 7) is 3.78. The van der Waals surface area contributed by atoms with Gasteiger partial charge in [-0.2, -0.15) is 0 Å². The first-order valence-electron chi connectivity index (χ1n) is 7.87. The van der Waals surface area contributed by atoms with Gasteiger partial charge in [0.25, 0.3) is 5.91 Å². The predicted octanol–water partition coefficient (Wildman–Crippen LogP) is 3.47. The monoisotopic (exact) mass is 487 g/mol. The van der Waals surface area contributed by atoms with Gasteiger partial charge < -0.3 is 10.1 Å². The minimum absolute atomic E-state index is 0.203. The molecule has 0 aliphatic heterocycles. The van der Waals surface area contributed by atoms with Crippen LogP contribution in [0.1, 0.15) is 13.8 Å². The van der Waals surface area contributed by atoms with Crippen molar-refractivity contribution >= 4 is 51.2 Å². The lowest BCUT2D eigenvalue weighted by Crippen LogP contribution is -2.47. The minimum atomic E-state index is -0.661. The molecule has 1 heterocycles. The maximum absolute atomic E-state index is 12.6. The molecule has 2 N–H and O–H groups in total. The van der Waals surface area contributed by atoms with Crippen molar-refractivity contribution in [3.05, 3.63) is 46.3 Å². The summed E-state index contributed by atoms with van der Waals surface area (Å²) in [6, 6.07) is 7.64. The lowest BCUT2D eigenvalue weighted by Gasteiger charge is -2.25. The van der Waals surface area contributed by atoms with Gasteiger partial charge in [0, 0.05) is 21.4 Å². The number of nitrogens with one attached hydrogen (secondary N) is 2. The number of fused-ring (bicyclic) bond motifs is 1. The molecule has 1 atom stereocenters. The number of hydrogen-bond donors (Lipinski definition) is 2. The average molecular weight is 487 g/mol. The summed E-state index contributed by atoms with van der Waals surface area (Å²) in [4.78, 5) is 21.7. The largest absolute Gasteiger partial charge is 0.470 e. The highest BCUT2D eigenvalue weighted by molar-refractivity contribution is 14.1. The first-order chi connectivity index (χ1) is 12.3. The maximum atomic E-state index is 12.6. The Kier molecular flexibility index (Phi) is 7.54. The van der Waals surface area contributed by atoms with E-state index >= 15 is 0 Å². The van der Waals surface area contributed by atoms with Gasteiger partial charge in [-0.1, -0.05) is 0 Å². The molecular weight excluding hydrogens is 465 g/mol. The molecular formula is C18H22IN3O3S. The fourth-order valence-corrected chi connectivity index (χ4v) is 3.17. The Morgan fingerprint density at radius 3 is 2.85 bits per heavy atom. The Morgan fingerprint density at radius 2 is 2.15 bits per heavy atom. The topological polar surface area (TPSA) is 72.5 Å². The van der Waals surface area contributed by atoms with Crippen LogP contribution >= 0.6 is 34.4 Å². The third-order valence-corrected chi connectivity index (χ3v) is 4.75. The van der Waals surface area contributed by atoms with Gasteiger partial charge in [-0.3, -0.25) is 20.1 Å². The number of carbonyl (C=O) groups is 1. The lowest BCUT2D eigenvalue weighted by molar-refractivity contribution is -0.125. The van der Waals surface area contributed by atoms with Crippen molar-refractivity contribution in [3.8, 4) is 5.75 Å². The zero-order valence-electron chi connectivity index (χ0n) is 15.1. The van der Waals surface area contributed by atoms with Gasteiger partial charge in [-0.15, -0.1) is 11.8 Å². The molecule has 1 aromatic carbocycles. The Bertz CT molecular complexity index is 798. The summed E-state index contributed by atoms with van der Waals surface area (Å²) in [6.07, 6.45) is 7.09. The van der Waals surface area contributed by atoms with Gasteiger partial charge in [0.2, 0.25) is 5.44 Å². The van der Waals surface area contributed by atoms with E-state index in [1.807, 2.05) is 50.6 Å². The van der Waals surface area contributed by atoms with E-state index in [9.17, 15) is 4.79 Å². The van der Waals surface area contributed by atoms with E-state index < -0.39 is 11.0 Å². The Morgan fingerprint density at radius 1 is 1.38 bits per heavy atom. The van der Waals surface area contributed by atoms with Crippen molar-refractivity contribution < 1.29 is 14.4 Å². The van der Waals surface area contributed by atoms with Gasteiger partial charge in [0.05, 0.1) is 18.2 Å². The highest BCUT2D eigenvalue weighted by atomic mass is 127. The molecule has 0 saturated carbocycles. The molecule has 0 bridgehead atoms. The molecule has 26 heavy (non-hydrogen) atoms. The van der Waals surface area contributed by atoms with Gasteiger partial charge in [-0.25, -0.2) is 0 Å². The second kappa shape index (κ2) is 9.43. The molecule has 0 spiro atoms. The van der Waals surface area contributed by atoms with Crippen LogP contribution in [0.2, 0.25) is 0 Å². The van der Waals surface area contributed by atoms with Crippen LogP contribution in [-0.4, -0.2) is 35.2 Å². The van der Waals surface area contributed by atoms with E-state index in [1.165, 1.54) is 18.9 Å². The Labute approximate surface area is 171 Å². The van der Waals surface area contributed by atoms with Crippen LogP contribution in [-0.2, 0) is 9.63 Å². The van der Waals surface area contributed by atoms with Crippen LogP contribution in [0.5, 0.6) is 5.75 Å². The third kappa shape index (κ3) is 6.03. The molecule has 1 unspecified atom stereocenters. The summed E-state index contributed by atoms with van der Waals surface area (Å²) in [5.74, 6) is 0.427. The number of nitrogens with zero attached hydrogens (tertiary/aromatic N) is 1. The van der Waals surface area contributed by atoms with E-state index in [4.69, 9.17) is 9.57 Å². The molecule has 0 aliphatic carbocycles. The average Bonchev–Trinajstić information content (AvgIpc) is 2.58. The smallest absolute Gasteiger partial charge is 0.272 e. The van der Waals surface area contributed by atoms with Crippen molar-refractivity contribution in [1.29, 1.82) is 0 Å². The first-order valence-corrected chi connectivity index (χ1v) is 10.2. The molecule has 0 saturated heterocycles. The molecule has 1 aromatic heterocycles. The normalized spacial score (nSPS) is 13.0. The zero-order chi connectivity index (χ0) is 19.2. The number of hydroxylamine groups is 1. The van der Waals surface area contributed by atoms with Gasteiger partial charge in [0.1, 0.15) is 5.75 Å². The first kappa shape index (κ1) is 20.8. The molecule has 2 rings (SSSR count). The van der Waals surface area contributed by atoms with Crippen molar-refractivity contribution in [2.45, 2.75) is 24.8 Å². The fraction of sp³-hybridized carbons (Fsp3) is 0.333. The second-order valence-corrected chi connectivity index (χ2v) is 8.20. The maximum Gasteiger partial charge on any atom is 0.272 e. The molecule has 6 nitrogen and oxygen atoms in total. The van der Waals surface area contributed by atoms with Crippen LogP contribution in [0.3, 0.4) is 0 Å². The molecule has 0 radical (unpaired) electrons. The lowest BCUT2D eigenvalue weighted by atomic mass is 10.1. The van der Waals surface area contributed by atoms with Gasteiger partial charge in [0.15, 0.2) is 0 Å². The van der Waals surface area contributed by atoms with Crippen LogP contribution < -0.4 is 15.5 Å². The van der Waals surface area contributed by atoms with Crippen molar-refractivity contribution in [3.63, 3.8) is 0 Å². The Balaban J connectivity index is 2.09. The third-order valence-electron chi connectivity index (χ3n) is 3.42. The van der Waals surface area contributed by atoms with Crippen LogP contribution in [0.4, 0.5) is 0 Å². The van der Waals surface area contributed by atoms with E-state index in [0.717, 1.165) is 14.5 Å². The summed E-state index contributed by atoms with van der Waals surface area (Å²) >= 11 is 3.55. The number of halogens is 1. The van der Waals surface area contributed by atoms with E-state index in [0.29, 0.717) is 5.75 Å². The number of ether oxygens (including phenoxy) is 1. The number of carbonyl (C=O) groups excluding carboxylic acids is 1. The summed E-state index contributed by atoms with van der Waals surface area (Å²) in [5.41, 5.74) is 2.28. The molecule has 140 valence electrons. The molecule has 0 fully saturated rings. The second-order valence-electron chi connectivity index (χ2n) is 6.06. The van der Waals surface area contributed by atoms with Crippen LogP contribution in [0.15, 0.2) is 42.7 Å². The van der Waals surface area contributed by atoms with Crippen molar-refractivity contribution in [2.24, 2.45) is 0 Å². The molecule has 0 aliphatic rings. The number of amides is 1. The summed E-state index contributed by atoms with van der Waals surface area (Å²) in [7, 11) is 1.52. The number of aromatic nitrogens is 1. The standard InChI is InChI=1S/C18H22IN3O3S/c1-18(2,7-8-21-24-3)22-16(23)17(26-4)25-14-5-6-15-12(10-14)9-13(19)11-20-15/h5-11,17,21H,1-4H3,(H,22,23). The summed E-state index contributed by atoms with van der Waals surface area (Å²) in [5, 5.41) is 3.93. The van der Waals surface area contributed by atoms with Crippen molar-refractivity contribution in [1.82, 2.24) is 15.8 Å². The van der Waals surface area contributed by atoms with Gasteiger partial charge >= 0.3 is 0 Å². The Hall–Kier alpha value is -1.52. The van der Waals surface area contributed by atoms with Gasteiger partial charge in [-0.05, 0) is 73.0 Å². The molecule has 2 aromatic rings. The number of thioether (sulfide) groups is 1. The van der Waals surface area contributed by atoms with Crippen LogP contribution in [0, 0.1) is 3.57 Å². The highest BCUT2D eigenvalue weighted by Crippen LogP contribution is 2.24.